The molecule has 3 rings (SSSR count). The van der Waals surface area contributed by atoms with Crippen LogP contribution in [-0.2, 0) is 9.59 Å². The monoisotopic (exact) mass is 394 g/mol. The number of rotatable bonds is 4. The van der Waals surface area contributed by atoms with Gasteiger partial charge in [-0.05, 0) is 44.2 Å². The van der Waals surface area contributed by atoms with Gasteiger partial charge < -0.3 is 14.9 Å². The Morgan fingerprint density at radius 3 is 2.54 bits per heavy atom. The standard InChI is InChI=1S/C20H24F2N2O4/c1-11(20(27)28)23(2)19(26)17-9-12-5-3-4-6-16(12)24(17)18(25)14-8-7-13(21)10-15(14)22/h7-8,10-12,16-17H,3-6,9H2,1-2H3,(H,27,28). The van der Waals surface area contributed by atoms with E-state index in [-0.39, 0.29) is 17.5 Å². The Kier molecular flexibility index (Phi) is 5.67. The smallest absolute Gasteiger partial charge is 0.326 e. The van der Waals surface area contributed by atoms with E-state index in [0.29, 0.717) is 18.9 Å². The van der Waals surface area contributed by atoms with Gasteiger partial charge in [-0.3, -0.25) is 9.59 Å². The van der Waals surface area contributed by atoms with E-state index in [1.807, 2.05) is 0 Å². The van der Waals surface area contributed by atoms with Crippen molar-refractivity contribution in [2.75, 3.05) is 7.05 Å². The van der Waals surface area contributed by atoms with Crippen molar-refractivity contribution in [1.29, 1.82) is 0 Å². The number of likely N-dealkylation sites (N-methyl/N-ethyl adjacent to an activating group) is 1. The first kappa shape index (κ1) is 20.2. The van der Waals surface area contributed by atoms with Gasteiger partial charge in [0.05, 0.1) is 5.56 Å². The molecule has 1 saturated carbocycles. The number of amides is 2. The molecule has 1 aliphatic heterocycles. The lowest BCUT2D eigenvalue weighted by Crippen LogP contribution is -2.52. The van der Waals surface area contributed by atoms with E-state index in [4.69, 9.17) is 0 Å². The van der Waals surface area contributed by atoms with E-state index in [1.54, 1.807) is 0 Å². The summed E-state index contributed by atoms with van der Waals surface area (Å²) in [5.74, 6) is -3.91. The molecule has 152 valence electrons. The first-order valence-corrected chi connectivity index (χ1v) is 9.49. The second kappa shape index (κ2) is 7.85. The molecule has 0 spiro atoms. The summed E-state index contributed by atoms with van der Waals surface area (Å²) in [4.78, 5) is 40.0. The van der Waals surface area contributed by atoms with Crippen molar-refractivity contribution in [3.8, 4) is 0 Å². The van der Waals surface area contributed by atoms with Crippen LogP contribution in [0.15, 0.2) is 18.2 Å². The fourth-order valence-electron chi connectivity index (χ4n) is 4.37. The summed E-state index contributed by atoms with van der Waals surface area (Å²) in [6, 6.07) is 0.658. The SMILES string of the molecule is CC(C(=O)O)N(C)C(=O)C1CC2CCCCC2N1C(=O)c1ccc(F)cc1F. The predicted molar refractivity (Wildman–Crippen MR) is 96.5 cm³/mol. The number of carbonyl (C=O) groups excluding carboxylic acids is 2. The minimum atomic E-state index is -1.14. The molecule has 28 heavy (non-hydrogen) atoms. The summed E-state index contributed by atoms with van der Waals surface area (Å²) < 4.78 is 27.5. The summed E-state index contributed by atoms with van der Waals surface area (Å²) in [5, 5.41) is 9.21. The van der Waals surface area contributed by atoms with Gasteiger partial charge in [-0.25, -0.2) is 13.6 Å². The van der Waals surface area contributed by atoms with E-state index in [2.05, 4.69) is 0 Å². The number of carbonyl (C=O) groups is 3. The van der Waals surface area contributed by atoms with Gasteiger partial charge in [0.2, 0.25) is 5.91 Å². The third kappa shape index (κ3) is 3.59. The second-order valence-corrected chi connectivity index (χ2v) is 7.66. The third-order valence-corrected chi connectivity index (χ3v) is 6.06. The van der Waals surface area contributed by atoms with Crippen LogP contribution in [0, 0.1) is 17.6 Å². The summed E-state index contributed by atoms with van der Waals surface area (Å²) in [5.41, 5.74) is -0.278. The molecule has 1 saturated heterocycles. The molecule has 2 aliphatic rings. The number of carboxylic acid groups (broad SMARTS) is 1. The zero-order chi connectivity index (χ0) is 20.6. The molecule has 6 nitrogen and oxygen atoms in total. The number of halogens is 2. The summed E-state index contributed by atoms with van der Waals surface area (Å²) in [6.07, 6.45) is 3.90. The Labute approximate surface area is 162 Å². The Balaban J connectivity index is 1.94. The number of hydrogen-bond donors (Lipinski definition) is 1. The van der Waals surface area contributed by atoms with Gasteiger partial charge in [0, 0.05) is 19.2 Å². The van der Waals surface area contributed by atoms with Gasteiger partial charge in [-0.1, -0.05) is 12.8 Å². The van der Waals surface area contributed by atoms with Crippen LogP contribution in [0.4, 0.5) is 8.78 Å². The van der Waals surface area contributed by atoms with Crippen molar-refractivity contribution >= 4 is 17.8 Å². The van der Waals surface area contributed by atoms with Crippen LogP contribution < -0.4 is 0 Å². The maximum Gasteiger partial charge on any atom is 0.326 e. The molecule has 0 radical (unpaired) electrons. The van der Waals surface area contributed by atoms with Crippen molar-refractivity contribution in [1.82, 2.24) is 9.80 Å². The van der Waals surface area contributed by atoms with E-state index >= 15 is 0 Å². The second-order valence-electron chi connectivity index (χ2n) is 7.66. The van der Waals surface area contributed by atoms with E-state index in [0.717, 1.165) is 36.3 Å². The summed E-state index contributed by atoms with van der Waals surface area (Å²) in [7, 11) is 1.39. The van der Waals surface area contributed by atoms with Crippen molar-refractivity contribution < 1.29 is 28.3 Å². The van der Waals surface area contributed by atoms with Gasteiger partial charge in [0.25, 0.3) is 5.91 Å². The van der Waals surface area contributed by atoms with E-state index in [9.17, 15) is 28.3 Å². The highest BCUT2D eigenvalue weighted by atomic mass is 19.1. The van der Waals surface area contributed by atoms with Crippen LogP contribution in [0.2, 0.25) is 0 Å². The molecule has 1 aromatic carbocycles. The molecular formula is C20H24F2N2O4. The molecule has 0 aromatic heterocycles. The van der Waals surface area contributed by atoms with Crippen LogP contribution >= 0.6 is 0 Å². The molecule has 1 heterocycles. The minimum absolute atomic E-state index is 0.115. The normalized spacial score (nSPS) is 25.1. The lowest BCUT2D eigenvalue weighted by Gasteiger charge is -2.35. The number of likely N-dealkylation sites (tertiary alicyclic amines) is 1. The number of nitrogens with zero attached hydrogens (tertiary/aromatic N) is 2. The molecule has 2 fully saturated rings. The minimum Gasteiger partial charge on any atom is -0.480 e. The highest BCUT2D eigenvalue weighted by molar-refractivity contribution is 5.99. The molecule has 4 atom stereocenters. The van der Waals surface area contributed by atoms with E-state index in [1.165, 1.54) is 18.9 Å². The van der Waals surface area contributed by atoms with Crippen LogP contribution in [0.3, 0.4) is 0 Å². The van der Waals surface area contributed by atoms with Gasteiger partial charge in [-0.15, -0.1) is 0 Å². The van der Waals surface area contributed by atoms with Crippen LogP contribution in [0.25, 0.3) is 0 Å². The fourth-order valence-corrected chi connectivity index (χ4v) is 4.37. The Hall–Kier alpha value is -2.51. The zero-order valence-electron chi connectivity index (χ0n) is 15.9. The summed E-state index contributed by atoms with van der Waals surface area (Å²) >= 11 is 0. The average Bonchev–Trinajstić information content (AvgIpc) is 3.05. The Bertz CT molecular complexity index is 800. The van der Waals surface area contributed by atoms with Crippen molar-refractivity contribution in [2.24, 2.45) is 5.92 Å². The van der Waals surface area contributed by atoms with Crippen molar-refractivity contribution in [3.05, 3.63) is 35.4 Å². The molecule has 1 aromatic rings. The highest BCUT2D eigenvalue weighted by Gasteiger charge is 2.49. The molecule has 4 unspecified atom stereocenters. The molecule has 8 heteroatoms. The van der Waals surface area contributed by atoms with Crippen molar-refractivity contribution in [3.63, 3.8) is 0 Å². The Morgan fingerprint density at radius 2 is 1.89 bits per heavy atom. The van der Waals surface area contributed by atoms with E-state index < -0.39 is 41.5 Å². The van der Waals surface area contributed by atoms with Gasteiger partial charge >= 0.3 is 5.97 Å². The first-order chi connectivity index (χ1) is 13.2. The predicted octanol–water partition coefficient (Wildman–Crippen LogP) is 2.67. The molecule has 1 N–H and O–H groups in total. The number of carboxylic acids is 1. The molecule has 0 bridgehead atoms. The maximum atomic E-state index is 14.2. The molecule has 1 aliphatic carbocycles. The molecule has 2 amide bonds. The van der Waals surface area contributed by atoms with Gasteiger partial charge in [0.15, 0.2) is 0 Å². The topological polar surface area (TPSA) is 77.9 Å². The third-order valence-electron chi connectivity index (χ3n) is 6.06. The van der Waals surface area contributed by atoms with Crippen LogP contribution in [0.5, 0.6) is 0 Å². The number of fused-ring (bicyclic) bond motifs is 1. The largest absolute Gasteiger partial charge is 0.480 e. The summed E-state index contributed by atoms with van der Waals surface area (Å²) in [6.45, 7) is 1.40. The number of benzene rings is 1. The first-order valence-electron chi connectivity index (χ1n) is 9.49. The Morgan fingerprint density at radius 1 is 1.21 bits per heavy atom. The van der Waals surface area contributed by atoms with Crippen molar-refractivity contribution in [2.45, 2.75) is 57.2 Å². The van der Waals surface area contributed by atoms with Gasteiger partial charge in [-0.2, -0.15) is 0 Å². The molecular weight excluding hydrogens is 370 g/mol. The van der Waals surface area contributed by atoms with Gasteiger partial charge in [0.1, 0.15) is 23.7 Å². The zero-order valence-corrected chi connectivity index (χ0v) is 15.9. The lowest BCUT2D eigenvalue weighted by molar-refractivity contribution is -0.149. The number of hydrogen-bond acceptors (Lipinski definition) is 3. The lowest BCUT2D eigenvalue weighted by atomic mass is 9.84. The maximum absolute atomic E-state index is 14.2. The van der Waals surface area contributed by atoms with Crippen LogP contribution in [0.1, 0.15) is 49.4 Å². The van der Waals surface area contributed by atoms with Crippen LogP contribution in [-0.4, -0.2) is 57.9 Å². The fraction of sp³-hybridized carbons (Fsp3) is 0.550. The quantitative estimate of drug-likeness (QED) is 0.852. The highest BCUT2D eigenvalue weighted by Crippen LogP contribution is 2.41. The number of aliphatic carboxylic acids is 1. The average molecular weight is 394 g/mol.